The van der Waals surface area contributed by atoms with Gasteiger partial charge < -0.3 is 4.90 Å². The fraction of sp³-hybridized carbons (Fsp3) is 0.300. The molecule has 0 heterocycles. The van der Waals surface area contributed by atoms with Crippen molar-refractivity contribution in [2.75, 3.05) is 26.0 Å². The molecule has 0 saturated heterocycles. The zero-order chi connectivity index (χ0) is 10.7. The van der Waals surface area contributed by atoms with Crippen LogP contribution in [0.1, 0.15) is 0 Å². The molecule has 0 aliphatic rings. The van der Waals surface area contributed by atoms with Crippen molar-refractivity contribution in [3.63, 3.8) is 0 Å². The van der Waals surface area contributed by atoms with Crippen molar-refractivity contribution in [1.29, 1.82) is 0 Å². The van der Waals surface area contributed by atoms with Crippen molar-refractivity contribution in [2.24, 2.45) is 0 Å². The Morgan fingerprint density at radius 3 is 2.07 bits per heavy atom. The molecule has 2 amide bonds. The van der Waals surface area contributed by atoms with Crippen LogP contribution >= 0.6 is 22.6 Å². The Hall–Kier alpha value is -0.780. The van der Waals surface area contributed by atoms with E-state index in [9.17, 15) is 4.79 Å². The van der Waals surface area contributed by atoms with Gasteiger partial charge in [0.05, 0.1) is 0 Å². The number of nitrogens with zero attached hydrogens (tertiary/aromatic N) is 2. The molecule has 0 radical (unpaired) electrons. The minimum Gasteiger partial charge on any atom is -0.330 e. The second kappa shape index (κ2) is 4.63. The summed E-state index contributed by atoms with van der Waals surface area (Å²) in [7, 11) is 5.25. The molecular weight excluding hydrogens is 291 g/mol. The number of carbonyl (C=O) groups is 1. The smallest absolute Gasteiger partial charge is 0.323 e. The Bertz CT molecular complexity index is 321. The second-order valence-corrected chi connectivity index (χ2v) is 4.46. The van der Waals surface area contributed by atoms with Gasteiger partial charge in [-0.15, -0.1) is 0 Å². The van der Waals surface area contributed by atoms with Gasteiger partial charge in [-0.2, -0.15) is 0 Å². The van der Waals surface area contributed by atoms with Gasteiger partial charge in [0.25, 0.3) is 0 Å². The minimum atomic E-state index is -0.0220. The first-order chi connectivity index (χ1) is 6.52. The molecule has 0 N–H and O–H groups in total. The van der Waals surface area contributed by atoms with Crippen molar-refractivity contribution in [3.8, 4) is 0 Å². The van der Waals surface area contributed by atoms with E-state index in [0.29, 0.717) is 0 Å². The number of carbonyl (C=O) groups excluding carboxylic acids is 1. The summed E-state index contributed by atoms with van der Waals surface area (Å²) in [5, 5.41) is 0. The summed E-state index contributed by atoms with van der Waals surface area (Å²) in [4.78, 5) is 14.8. The van der Waals surface area contributed by atoms with Crippen molar-refractivity contribution < 1.29 is 4.79 Å². The van der Waals surface area contributed by atoms with Gasteiger partial charge in [0, 0.05) is 30.4 Å². The predicted molar refractivity (Wildman–Crippen MR) is 66.6 cm³/mol. The topological polar surface area (TPSA) is 23.6 Å². The first kappa shape index (κ1) is 11.3. The van der Waals surface area contributed by atoms with Crippen LogP contribution in [0.15, 0.2) is 24.3 Å². The fourth-order valence-corrected chi connectivity index (χ4v) is 1.43. The third-order valence-electron chi connectivity index (χ3n) is 1.88. The highest BCUT2D eigenvalue weighted by Gasteiger charge is 2.11. The molecule has 1 aromatic rings. The Balaban J connectivity index is 2.84. The lowest BCUT2D eigenvalue weighted by Crippen LogP contribution is -2.36. The van der Waals surface area contributed by atoms with Crippen LogP contribution in [0.3, 0.4) is 0 Å². The molecule has 4 heteroatoms. The van der Waals surface area contributed by atoms with Gasteiger partial charge in [-0.25, -0.2) is 4.79 Å². The van der Waals surface area contributed by atoms with E-state index in [4.69, 9.17) is 0 Å². The SMILES string of the molecule is CN(C)C(=O)N(C)c1ccc(I)cc1. The lowest BCUT2D eigenvalue weighted by Gasteiger charge is -2.21. The quantitative estimate of drug-likeness (QED) is 0.731. The maximum Gasteiger partial charge on any atom is 0.323 e. The number of hydrogen-bond acceptors (Lipinski definition) is 1. The minimum absolute atomic E-state index is 0.0220. The van der Waals surface area contributed by atoms with Crippen molar-refractivity contribution in [1.82, 2.24) is 4.90 Å². The number of rotatable bonds is 1. The van der Waals surface area contributed by atoms with Gasteiger partial charge in [0.1, 0.15) is 0 Å². The first-order valence-corrected chi connectivity index (χ1v) is 5.31. The summed E-state index contributed by atoms with van der Waals surface area (Å²) in [5.41, 5.74) is 0.907. The molecule has 14 heavy (non-hydrogen) atoms. The van der Waals surface area contributed by atoms with Crippen molar-refractivity contribution in [2.45, 2.75) is 0 Å². The van der Waals surface area contributed by atoms with Crippen LogP contribution in [0.25, 0.3) is 0 Å². The molecule has 1 rings (SSSR count). The molecule has 0 saturated carbocycles. The van der Waals surface area contributed by atoms with E-state index in [-0.39, 0.29) is 6.03 Å². The molecule has 0 bridgehead atoms. The predicted octanol–water partition coefficient (Wildman–Crippen LogP) is 2.41. The van der Waals surface area contributed by atoms with Gasteiger partial charge in [-0.1, -0.05) is 0 Å². The number of benzene rings is 1. The number of urea groups is 1. The van der Waals surface area contributed by atoms with Gasteiger partial charge in [-0.3, -0.25) is 4.90 Å². The van der Waals surface area contributed by atoms with Crippen LogP contribution in [0.2, 0.25) is 0 Å². The Labute approximate surface area is 97.8 Å². The lowest BCUT2D eigenvalue weighted by molar-refractivity contribution is 0.225. The summed E-state index contributed by atoms with van der Waals surface area (Å²) in [6.07, 6.45) is 0. The third-order valence-corrected chi connectivity index (χ3v) is 2.60. The largest absolute Gasteiger partial charge is 0.330 e. The Kier molecular flexibility index (Phi) is 3.74. The van der Waals surface area contributed by atoms with Crippen LogP contribution in [0, 0.1) is 3.57 Å². The Morgan fingerprint density at radius 1 is 1.14 bits per heavy atom. The molecule has 0 atom stereocenters. The lowest BCUT2D eigenvalue weighted by atomic mass is 10.3. The number of halogens is 1. The van der Waals surface area contributed by atoms with Gasteiger partial charge >= 0.3 is 6.03 Å². The van der Waals surface area contributed by atoms with E-state index in [1.165, 1.54) is 0 Å². The standard InChI is InChI=1S/C10H13IN2O/c1-12(2)10(14)13(3)9-6-4-8(11)5-7-9/h4-7H,1-3H3. The fourth-order valence-electron chi connectivity index (χ4n) is 1.08. The van der Waals surface area contributed by atoms with Gasteiger partial charge in [0.15, 0.2) is 0 Å². The highest BCUT2D eigenvalue weighted by molar-refractivity contribution is 14.1. The van der Waals surface area contributed by atoms with E-state index in [2.05, 4.69) is 22.6 Å². The molecule has 0 aromatic heterocycles. The third kappa shape index (κ3) is 2.60. The van der Waals surface area contributed by atoms with Crippen LogP contribution in [0.4, 0.5) is 10.5 Å². The Morgan fingerprint density at radius 2 is 1.64 bits per heavy atom. The molecule has 0 aliphatic carbocycles. The van der Waals surface area contributed by atoms with Crippen LogP contribution in [0.5, 0.6) is 0 Å². The van der Waals surface area contributed by atoms with Crippen molar-refractivity contribution >= 4 is 34.3 Å². The average Bonchev–Trinajstić information content (AvgIpc) is 2.16. The molecule has 1 aromatic carbocycles. The summed E-state index contributed by atoms with van der Waals surface area (Å²) in [6, 6.07) is 7.81. The normalized spacial score (nSPS) is 9.71. The first-order valence-electron chi connectivity index (χ1n) is 4.23. The van der Waals surface area contributed by atoms with E-state index < -0.39 is 0 Å². The summed E-state index contributed by atoms with van der Waals surface area (Å²) in [5.74, 6) is 0. The van der Waals surface area contributed by atoms with Crippen LogP contribution in [-0.2, 0) is 0 Å². The monoisotopic (exact) mass is 304 g/mol. The van der Waals surface area contributed by atoms with E-state index in [1.807, 2.05) is 24.3 Å². The zero-order valence-corrected chi connectivity index (χ0v) is 10.6. The average molecular weight is 304 g/mol. The summed E-state index contributed by atoms with van der Waals surface area (Å²) < 4.78 is 1.16. The summed E-state index contributed by atoms with van der Waals surface area (Å²) in [6.45, 7) is 0. The molecule has 0 spiro atoms. The molecule has 3 nitrogen and oxygen atoms in total. The zero-order valence-electron chi connectivity index (χ0n) is 8.49. The maximum absolute atomic E-state index is 11.6. The maximum atomic E-state index is 11.6. The molecule has 0 unspecified atom stereocenters. The number of amides is 2. The van der Waals surface area contributed by atoms with E-state index in [1.54, 1.807) is 30.9 Å². The molecule has 0 fully saturated rings. The molecular formula is C10H13IN2O. The second-order valence-electron chi connectivity index (χ2n) is 3.21. The van der Waals surface area contributed by atoms with E-state index in [0.717, 1.165) is 9.26 Å². The van der Waals surface area contributed by atoms with Gasteiger partial charge in [0.2, 0.25) is 0 Å². The van der Waals surface area contributed by atoms with Crippen LogP contribution < -0.4 is 4.90 Å². The summed E-state index contributed by atoms with van der Waals surface area (Å²) >= 11 is 2.24. The number of anilines is 1. The molecule has 76 valence electrons. The van der Waals surface area contributed by atoms with E-state index >= 15 is 0 Å². The molecule has 0 aliphatic heterocycles. The number of hydrogen-bond donors (Lipinski definition) is 0. The van der Waals surface area contributed by atoms with Gasteiger partial charge in [-0.05, 0) is 46.9 Å². The highest BCUT2D eigenvalue weighted by atomic mass is 127. The van der Waals surface area contributed by atoms with Crippen molar-refractivity contribution in [3.05, 3.63) is 27.8 Å². The van der Waals surface area contributed by atoms with Crippen LogP contribution in [-0.4, -0.2) is 32.1 Å². The highest BCUT2D eigenvalue weighted by Crippen LogP contribution is 2.15.